The Morgan fingerprint density at radius 3 is 2.44 bits per heavy atom. The zero-order chi connectivity index (χ0) is 19.9. The van der Waals surface area contributed by atoms with Gasteiger partial charge in [-0.1, -0.05) is 35.5 Å². The van der Waals surface area contributed by atoms with Crippen molar-refractivity contribution in [2.75, 3.05) is 23.4 Å². The summed E-state index contributed by atoms with van der Waals surface area (Å²) in [4.78, 5) is 35.5. The van der Waals surface area contributed by atoms with E-state index in [9.17, 15) is 19.5 Å². The van der Waals surface area contributed by atoms with Gasteiger partial charge >= 0.3 is 5.97 Å². The van der Waals surface area contributed by atoms with E-state index in [0.717, 1.165) is 11.8 Å². The molecule has 1 aromatic heterocycles. The number of benzene rings is 1. The summed E-state index contributed by atoms with van der Waals surface area (Å²) in [6, 6.07) is 10.3. The lowest BCUT2D eigenvalue weighted by Gasteiger charge is -2.25. The number of hydrogen-bond acceptors (Lipinski definition) is 6. The average Bonchev–Trinajstić information content (AvgIpc) is 3.04. The fourth-order valence-electron chi connectivity index (χ4n) is 2.27. The van der Waals surface area contributed by atoms with Crippen LogP contribution in [0.1, 0.15) is 18.2 Å². The maximum atomic E-state index is 12.0. The molecule has 0 radical (unpaired) electrons. The summed E-state index contributed by atoms with van der Waals surface area (Å²) in [5, 5.41) is 18.4. The van der Waals surface area contributed by atoms with Gasteiger partial charge < -0.3 is 20.3 Å². The van der Waals surface area contributed by atoms with Crippen LogP contribution >= 0.6 is 11.8 Å². The third-order valence-corrected chi connectivity index (χ3v) is 4.82. The van der Waals surface area contributed by atoms with Gasteiger partial charge in [-0.05, 0) is 19.4 Å². The van der Waals surface area contributed by atoms with E-state index >= 15 is 0 Å². The number of thioether (sulfide) groups is 1. The van der Waals surface area contributed by atoms with Crippen molar-refractivity contribution in [3.8, 4) is 0 Å². The summed E-state index contributed by atoms with van der Waals surface area (Å²) in [6.45, 7) is 3.23. The lowest BCUT2D eigenvalue weighted by atomic mass is 9.82. The molecule has 27 heavy (non-hydrogen) atoms. The maximum Gasteiger partial charge on any atom is 0.315 e. The molecule has 2 rings (SSSR count). The van der Waals surface area contributed by atoms with Gasteiger partial charge in [0.1, 0.15) is 11.2 Å². The molecule has 1 atom stereocenters. The summed E-state index contributed by atoms with van der Waals surface area (Å²) < 4.78 is 4.84. The van der Waals surface area contributed by atoms with E-state index in [1.165, 1.54) is 0 Å². The lowest BCUT2D eigenvalue weighted by Crippen LogP contribution is -2.44. The Morgan fingerprint density at radius 1 is 1.19 bits per heavy atom. The van der Waals surface area contributed by atoms with Gasteiger partial charge in [0.05, 0.1) is 11.5 Å². The smallest absolute Gasteiger partial charge is 0.315 e. The highest BCUT2D eigenvalue weighted by Crippen LogP contribution is 2.23. The maximum absolute atomic E-state index is 12.0. The van der Waals surface area contributed by atoms with Crippen LogP contribution in [-0.4, -0.2) is 46.1 Å². The van der Waals surface area contributed by atoms with Crippen molar-refractivity contribution >= 4 is 35.4 Å². The Labute approximate surface area is 160 Å². The number of rotatable bonds is 9. The Bertz CT molecular complexity index is 808. The molecule has 9 heteroatoms. The first-order chi connectivity index (χ1) is 12.8. The summed E-state index contributed by atoms with van der Waals surface area (Å²) >= 11 is 1.12. The average molecular weight is 391 g/mol. The van der Waals surface area contributed by atoms with Crippen LogP contribution in [0.15, 0.2) is 40.9 Å². The van der Waals surface area contributed by atoms with Crippen LogP contribution in [0.25, 0.3) is 0 Å². The fraction of sp³-hybridized carbons (Fsp3) is 0.333. The molecule has 2 amide bonds. The Kier molecular flexibility index (Phi) is 7.00. The summed E-state index contributed by atoms with van der Waals surface area (Å²) in [5.74, 6) is -0.665. The number of carboxylic acid groups (broad SMARTS) is 1. The summed E-state index contributed by atoms with van der Waals surface area (Å²) in [5.41, 5.74) is -0.628. The number of anilines is 1. The lowest BCUT2D eigenvalue weighted by molar-refractivity contribution is -0.143. The molecule has 1 aromatic carbocycles. The van der Waals surface area contributed by atoms with Crippen LogP contribution in [0, 0.1) is 6.92 Å². The molecule has 0 spiro atoms. The molecule has 0 aliphatic rings. The Balaban J connectivity index is 1.78. The highest BCUT2D eigenvalue weighted by molar-refractivity contribution is 8.00. The summed E-state index contributed by atoms with van der Waals surface area (Å²) in [7, 11) is 0. The highest BCUT2D eigenvalue weighted by atomic mass is 32.2. The van der Waals surface area contributed by atoms with Gasteiger partial charge in [0.2, 0.25) is 11.8 Å². The molecule has 0 fully saturated rings. The first-order valence-corrected chi connectivity index (χ1v) is 9.33. The first kappa shape index (κ1) is 20.5. The third kappa shape index (κ3) is 5.85. The van der Waals surface area contributed by atoms with Gasteiger partial charge in [0, 0.05) is 12.6 Å². The molecule has 0 saturated heterocycles. The van der Waals surface area contributed by atoms with E-state index in [0.29, 0.717) is 17.1 Å². The van der Waals surface area contributed by atoms with Crippen LogP contribution in [0.5, 0.6) is 0 Å². The fourth-order valence-corrected chi connectivity index (χ4v) is 2.92. The molecule has 144 valence electrons. The molecule has 0 aliphatic heterocycles. The Hall–Kier alpha value is -2.81. The van der Waals surface area contributed by atoms with Crippen molar-refractivity contribution in [3.63, 3.8) is 0 Å². The van der Waals surface area contributed by atoms with Crippen molar-refractivity contribution < 1.29 is 24.0 Å². The molecule has 2 aromatic rings. The Morgan fingerprint density at radius 2 is 1.85 bits per heavy atom. The van der Waals surface area contributed by atoms with E-state index in [-0.39, 0.29) is 29.9 Å². The molecular weight excluding hydrogens is 370 g/mol. The number of aromatic nitrogens is 1. The van der Waals surface area contributed by atoms with Crippen LogP contribution in [-0.2, 0) is 19.8 Å². The topological polar surface area (TPSA) is 122 Å². The van der Waals surface area contributed by atoms with E-state index in [1.54, 1.807) is 50.2 Å². The van der Waals surface area contributed by atoms with Gasteiger partial charge in [-0.2, -0.15) is 0 Å². The van der Waals surface area contributed by atoms with Crippen LogP contribution in [0.4, 0.5) is 5.82 Å². The second-order valence-corrected chi connectivity index (χ2v) is 7.13. The second kappa shape index (κ2) is 9.22. The quantitative estimate of drug-likeness (QED) is 0.596. The van der Waals surface area contributed by atoms with Gasteiger partial charge in [0.25, 0.3) is 0 Å². The molecular formula is C18H21N3O5S. The van der Waals surface area contributed by atoms with Crippen molar-refractivity contribution in [3.05, 3.63) is 47.7 Å². The van der Waals surface area contributed by atoms with Gasteiger partial charge in [-0.25, -0.2) is 0 Å². The predicted octanol–water partition coefficient (Wildman–Crippen LogP) is 1.81. The van der Waals surface area contributed by atoms with E-state index in [1.807, 2.05) is 0 Å². The predicted molar refractivity (Wildman–Crippen MR) is 102 cm³/mol. The number of carboxylic acids is 1. The number of carbonyl (C=O) groups excluding carboxylic acids is 2. The van der Waals surface area contributed by atoms with Crippen LogP contribution in [0.2, 0.25) is 0 Å². The van der Waals surface area contributed by atoms with Gasteiger partial charge in [0.15, 0.2) is 5.82 Å². The third-order valence-electron chi connectivity index (χ3n) is 3.88. The minimum atomic E-state index is -1.23. The monoisotopic (exact) mass is 391 g/mol. The van der Waals surface area contributed by atoms with E-state index in [2.05, 4.69) is 15.8 Å². The molecule has 8 nitrogen and oxygen atoms in total. The molecule has 1 unspecified atom stereocenters. The van der Waals surface area contributed by atoms with E-state index < -0.39 is 11.4 Å². The first-order valence-electron chi connectivity index (χ1n) is 8.18. The molecule has 3 N–H and O–H groups in total. The van der Waals surface area contributed by atoms with Crippen molar-refractivity contribution in [2.24, 2.45) is 0 Å². The molecule has 0 bridgehead atoms. The standard InChI is InChI=1S/C18H21N3O5S/c1-12-8-14(21-26-12)20-16(23)10-27-9-15(22)19-11-18(2,17(24)25)13-6-4-3-5-7-13/h3-8H,9-11H2,1-2H3,(H,19,22)(H,24,25)(H,20,21,23). The SMILES string of the molecule is Cc1cc(NC(=O)CSCC(=O)NCC(C)(C(=O)O)c2ccccc2)no1. The minimum Gasteiger partial charge on any atom is -0.481 e. The molecule has 1 heterocycles. The van der Waals surface area contributed by atoms with E-state index in [4.69, 9.17) is 4.52 Å². The van der Waals surface area contributed by atoms with Gasteiger partial charge in [-0.3, -0.25) is 14.4 Å². The minimum absolute atomic E-state index is 0.0375. The summed E-state index contributed by atoms with van der Waals surface area (Å²) in [6.07, 6.45) is 0. The number of carbonyl (C=O) groups is 3. The number of aliphatic carboxylic acids is 1. The molecule has 0 saturated carbocycles. The highest BCUT2D eigenvalue weighted by Gasteiger charge is 2.35. The zero-order valence-electron chi connectivity index (χ0n) is 15.0. The second-order valence-electron chi connectivity index (χ2n) is 6.14. The zero-order valence-corrected chi connectivity index (χ0v) is 15.8. The van der Waals surface area contributed by atoms with Crippen LogP contribution in [0.3, 0.4) is 0 Å². The normalized spacial score (nSPS) is 12.8. The number of nitrogens with one attached hydrogen (secondary N) is 2. The van der Waals surface area contributed by atoms with Gasteiger partial charge in [-0.15, -0.1) is 11.8 Å². The number of amides is 2. The van der Waals surface area contributed by atoms with Crippen LogP contribution < -0.4 is 10.6 Å². The van der Waals surface area contributed by atoms with Crippen molar-refractivity contribution in [1.29, 1.82) is 0 Å². The number of hydrogen-bond donors (Lipinski definition) is 3. The molecule has 0 aliphatic carbocycles. The van der Waals surface area contributed by atoms with Crippen molar-refractivity contribution in [2.45, 2.75) is 19.3 Å². The number of aryl methyl sites for hydroxylation is 1. The van der Waals surface area contributed by atoms with Crippen molar-refractivity contribution in [1.82, 2.24) is 10.5 Å². The largest absolute Gasteiger partial charge is 0.481 e. The number of nitrogens with zero attached hydrogens (tertiary/aromatic N) is 1.